The van der Waals surface area contributed by atoms with Gasteiger partial charge in [0.1, 0.15) is 11.6 Å². The molecule has 0 radical (unpaired) electrons. The van der Waals surface area contributed by atoms with E-state index >= 15 is 0 Å². The minimum absolute atomic E-state index is 0.146. The maximum Gasteiger partial charge on any atom is 0.240 e. The van der Waals surface area contributed by atoms with Crippen LogP contribution in [0.2, 0.25) is 0 Å². The zero-order chi connectivity index (χ0) is 19.5. The number of halogens is 2. The van der Waals surface area contributed by atoms with Crippen LogP contribution in [0.4, 0.5) is 14.5 Å². The zero-order valence-electron chi connectivity index (χ0n) is 15.9. The van der Waals surface area contributed by atoms with Gasteiger partial charge >= 0.3 is 0 Å². The van der Waals surface area contributed by atoms with Gasteiger partial charge in [-0.25, -0.2) is 8.78 Å². The zero-order valence-corrected chi connectivity index (χ0v) is 15.9. The van der Waals surface area contributed by atoms with Gasteiger partial charge in [-0.1, -0.05) is 18.2 Å². The number of amides is 1. The lowest BCUT2D eigenvalue weighted by atomic mass is 10.1. The summed E-state index contributed by atoms with van der Waals surface area (Å²) in [5, 5.41) is 0. The smallest absolute Gasteiger partial charge is 0.240 e. The highest BCUT2D eigenvalue weighted by atomic mass is 19.1. The molecule has 0 aromatic heterocycles. The summed E-state index contributed by atoms with van der Waals surface area (Å²) in [6.45, 7) is 4.06. The molecule has 4 nitrogen and oxygen atoms in total. The highest BCUT2D eigenvalue weighted by Crippen LogP contribution is 2.24. The first-order valence-corrected chi connectivity index (χ1v) is 9.88. The van der Waals surface area contributed by atoms with Crippen molar-refractivity contribution in [3.63, 3.8) is 0 Å². The quantitative estimate of drug-likeness (QED) is 0.808. The Morgan fingerprint density at radius 3 is 2.36 bits per heavy atom. The van der Waals surface area contributed by atoms with Crippen LogP contribution in [0.1, 0.15) is 18.4 Å². The van der Waals surface area contributed by atoms with Gasteiger partial charge in [0.2, 0.25) is 5.91 Å². The lowest BCUT2D eigenvalue weighted by molar-refractivity contribution is -0.136. The molecule has 0 N–H and O–H groups in total. The summed E-state index contributed by atoms with van der Waals surface area (Å²) in [6.07, 6.45) is 1.78. The van der Waals surface area contributed by atoms with Gasteiger partial charge in [0.25, 0.3) is 0 Å². The van der Waals surface area contributed by atoms with Gasteiger partial charge in [0.05, 0.1) is 6.04 Å². The molecule has 0 spiro atoms. The minimum Gasteiger partial charge on any atom is -0.368 e. The molecule has 0 aliphatic carbocycles. The normalized spacial score (nSPS) is 20.6. The number of carbonyl (C=O) groups excluding carboxylic acids is 1. The van der Waals surface area contributed by atoms with E-state index in [1.807, 2.05) is 11.0 Å². The Morgan fingerprint density at radius 2 is 1.64 bits per heavy atom. The summed E-state index contributed by atoms with van der Waals surface area (Å²) in [5.74, 6) is -0.310. The van der Waals surface area contributed by atoms with Crippen LogP contribution in [0.5, 0.6) is 0 Å². The maximum atomic E-state index is 14.0. The highest BCUT2D eigenvalue weighted by molar-refractivity contribution is 5.82. The van der Waals surface area contributed by atoms with Crippen molar-refractivity contribution in [1.82, 2.24) is 9.80 Å². The van der Waals surface area contributed by atoms with Crippen LogP contribution >= 0.6 is 0 Å². The van der Waals surface area contributed by atoms with Gasteiger partial charge < -0.3 is 9.80 Å². The molecule has 2 aromatic carbocycles. The third kappa shape index (κ3) is 4.02. The fraction of sp³-hybridized carbons (Fsp3) is 0.409. The molecule has 2 saturated heterocycles. The van der Waals surface area contributed by atoms with Crippen LogP contribution in [0.25, 0.3) is 0 Å². The summed E-state index contributed by atoms with van der Waals surface area (Å²) >= 11 is 0. The number of carbonyl (C=O) groups is 1. The predicted molar refractivity (Wildman–Crippen MR) is 105 cm³/mol. The van der Waals surface area contributed by atoms with E-state index in [1.165, 1.54) is 18.2 Å². The number of hydrogen-bond acceptors (Lipinski definition) is 3. The molecule has 2 aromatic rings. The molecule has 2 aliphatic rings. The van der Waals surface area contributed by atoms with Crippen molar-refractivity contribution in [3.05, 3.63) is 65.7 Å². The van der Waals surface area contributed by atoms with Crippen LogP contribution in [-0.4, -0.2) is 54.5 Å². The molecule has 28 heavy (non-hydrogen) atoms. The van der Waals surface area contributed by atoms with Gasteiger partial charge in [-0.15, -0.1) is 0 Å². The Morgan fingerprint density at radius 1 is 0.929 bits per heavy atom. The fourth-order valence-electron chi connectivity index (χ4n) is 4.19. The summed E-state index contributed by atoms with van der Waals surface area (Å²) in [7, 11) is 0. The molecule has 1 atom stereocenters. The van der Waals surface area contributed by atoms with E-state index in [1.54, 1.807) is 24.3 Å². The molecule has 148 valence electrons. The number of rotatable bonds is 4. The average molecular weight is 385 g/mol. The van der Waals surface area contributed by atoms with Gasteiger partial charge in [0.15, 0.2) is 0 Å². The number of piperazine rings is 1. The molecule has 2 fully saturated rings. The number of benzene rings is 2. The lowest BCUT2D eigenvalue weighted by Crippen LogP contribution is -2.53. The van der Waals surface area contributed by atoms with Crippen LogP contribution in [0, 0.1) is 11.6 Å². The van der Waals surface area contributed by atoms with Gasteiger partial charge in [-0.3, -0.25) is 9.69 Å². The van der Waals surface area contributed by atoms with Crippen molar-refractivity contribution < 1.29 is 13.6 Å². The monoisotopic (exact) mass is 385 g/mol. The van der Waals surface area contributed by atoms with E-state index in [9.17, 15) is 13.6 Å². The molecular formula is C22H25F2N3O. The Kier molecular flexibility index (Phi) is 5.57. The fourth-order valence-corrected chi connectivity index (χ4v) is 4.19. The summed E-state index contributed by atoms with van der Waals surface area (Å²) in [4.78, 5) is 19.3. The van der Waals surface area contributed by atoms with Crippen LogP contribution in [0.3, 0.4) is 0 Å². The average Bonchev–Trinajstić information content (AvgIpc) is 3.18. The minimum atomic E-state index is -0.242. The van der Waals surface area contributed by atoms with Gasteiger partial charge in [0, 0.05) is 44.0 Å². The first-order valence-electron chi connectivity index (χ1n) is 9.88. The van der Waals surface area contributed by atoms with Crippen molar-refractivity contribution in [2.75, 3.05) is 37.6 Å². The molecule has 1 amide bonds. The van der Waals surface area contributed by atoms with E-state index in [-0.39, 0.29) is 23.6 Å². The van der Waals surface area contributed by atoms with Gasteiger partial charge in [-0.2, -0.15) is 0 Å². The van der Waals surface area contributed by atoms with Crippen LogP contribution in [0.15, 0.2) is 48.5 Å². The van der Waals surface area contributed by atoms with Crippen LogP contribution in [-0.2, 0) is 11.3 Å². The lowest BCUT2D eigenvalue weighted by Gasteiger charge is -2.38. The Labute approximate surface area is 164 Å². The number of nitrogens with zero attached hydrogens (tertiary/aromatic N) is 3. The number of likely N-dealkylation sites (tertiary alicyclic amines) is 1. The third-order valence-electron chi connectivity index (χ3n) is 5.76. The summed E-state index contributed by atoms with van der Waals surface area (Å²) < 4.78 is 27.1. The first-order chi connectivity index (χ1) is 13.6. The topological polar surface area (TPSA) is 26.8 Å². The number of anilines is 1. The summed E-state index contributed by atoms with van der Waals surface area (Å²) in [5.41, 5.74) is 1.62. The van der Waals surface area contributed by atoms with E-state index < -0.39 is 0 Å². The van der Waals surface area contributed by atoms with Crippen molar-refractivity contribution in [1.29, 1.82) is 0 Å². The van der Waals surface area contributed by atoms with Gasteiger partial charge in [-0.05, 0) is 49.7 Å². The third-order valence-corrected chi connectivity index (χ3v) is 5.76. The van der Waals surface area contributed by atoms with E-state index in [0.29, 0.717) is 25.2 Å². The van der Waals surface area contributed by atoms with E-state index in [2.05, 4.69) is 9.80 Å². The second kappa shape index (κ2) is 8.27. The second-order valence-corrected chi connectivity index (χ2v) is 7.51. The van der Waals surface area contributed by atoms with E-state index in [0.717, 1.165) is 38.2 Å². The van der Waals surface area contributed by atoms with Crippen molar-refractivity contribution in [2.45, 2.75) is 25.4 Å². The summed E-state index contributed by atoms with van der Waals surface area (Å²) in [6, 6.07) is 13.1. The second-order valence-electron chi connectivity index (χ2n) is 7.51. The Balaban J connectivity index is 1.36. The van der Waals surface area contributed by atoms with Crippen molar-refractivity contribution >= 4 is 11.6 Å². The largest absolute Gasteiger partial charge is 0.368 e. The Hall–Kier alpha value is -2.47. The molecule has 2 aliphatic heterocycles. The molecular weight excluding hydrogens is 360 g/mol. The highest BCUT2D eigenvalue weighted by Gasteiger charge is 2.35. The number of hydrogen-bond donors (Lipinski definition) is 0. The molecule has 2 heterocycles. The maximum absolute atomic E-state index is 14.0. The first kappa shape index (κ1) is 18.9. The standard InChI is InChI=1S/C22H25F2N3O/c23-18-7-9-19(10-8-18)25-12-14-26(15-13-25)22(28)21-6-3-11-27(21)16-17-4-1-2-5-20(17)24/h1-2,4-5,7-10,21H,3,6,11-16H2. The van der Waals surface area contributed by atoms with Crippen molar-refractivity contribution in [3.8, 4) is 0 Å². The van der Waals surface area contributed by atoms with Crippen LogP contribution < -0.4 is 4.90 Å². The predicted octanol–water partition coefficient (Wildman–Crippen LogP) is 3.28. The Bertz CT molecular complexity index is 819. The van der Waals surface area contributed by atoms with E-state index in [4.69, 9.17) is 0 Å². The molecule has 1 unspecified atom stereocenters. The molecule has 6 heteroatoms. The molecule has 0 saturated carbocycles. The van der Waals surface area contributed by atoms with Crippen molar-refractivity contribution in [2.24, 2.45) is 0 Å². The SMILES string of the molecule is O=C(C1CCCN1Cc1ccccc1F)N1CCN(c2ccc(F)cc2)CC1. The molecule has 0 bridgehead atoms. The molecule has 4 rings (SSSR count).